The Labute approximate surface area is 188 Å². The summed E-state index contributed by atoms with van der Waals surface area (Å²) in [4.78, 5) is 33.0. The van der Waals surface area contributed by atoms with E-state index in [1.807, 2.05) is 24.3 Å². The Hall–Kier alpha value is -2.58. The van der Waals surface area contributed by atoms with Crippen LogP contribution in [0.2, 0.25) is 0 Å². The van der Waals surface area contributed by atoms with E-state index in [2.05, 4.69) is 15.2 Å². The second-order valence-electron chi connectivity index (χ2n) is 8.74. The number of amides is 2. The molecule has 4 rings (SSSR count). The van der Waals surface area contributed by atoms with Crippen LogP contribution in [0.25, 0.3) is 10.9 Å². The summed E-state index contributed by atoms with van der Waals surface area (Å²) in [5.41, 5.74) is 1.17. The highest BCUT2D eigenvalue weighted by molar-refractivity contribution is 5.81. The third-order valence-electron chi connectivity index (χ3n) is 6.50. The van der Waals surface area contributed by atoms with Crippen LogP contribution in [0.1, 0.15) is 37.7 Å². The number of nitrogens with one attached hydrogen (secondary N) is 2. The molecule has 2 heterocycles. The summed E-state index contributed by atoms with van der Waals surface area (Å²) in [6.45, 7) is 4.78. The zero-order valence-electron chi connectivity index (χ0n) is 18.9. The van der Waals surface area contributed by atoms with E-state index in [4.69, 9.17) is 9.47 Å². The van der Waals surface area contributed by atoms with Gasteiger partial charge in [0.2, 0.25) is 0 Å². The first kappa shape index (κ1) is 22.6. The van der Waals surface area contributed by atoms with Gasteiger partial charge in [0.05, 0.1) is 26.9 Å². The van der Waals surface area contributed by atoms with E-state index in [-0.39, 0.29) is 24.2 Å². The number of rotatable bonds is 7. The molecule has 1 saturated carbocycles. The number of carbonyl (C=O) groups is 1. The topological polar surface area (TPSA) is 86.9 Å². The van der Waals surface area contributed by atoms with Crippen LogP contribution in [-0.4, -0.2) is 73.4 Å². The molecule has 0 bridgehead atoms. The van der Waals surface area contributed by atoms with Gasteiger partial charge >= 0.3 is 6.03 Å². The van der Waals surface area contributed by atoms with Gasteiger partial charge in [-0.25, -0.2) is 4.79 Å². The highest BCUT2D eigenvalue weighted by Gasteiger charge is 2.22. The molecule has 1 aromatic carbocycles. The quantitative estimate of drug-likeness (QED) is 0.689. The maximum Gasteiger partial charge on any atom is 0.317 e. The van der Waals surface area contributed by atoms with Gasteiger partial charge in [-0.2, -0.15) is 0 Å². The molecule has 174 valence electrons. The zero-order chi connectivity index (χ0) is 22.3. The van der Waals surface area contributed by atoms with Gasteiger partial charge in [-0.05, 0) is 37.1 Å². The number of aromatic nitrogens is 1. The van der Waals surface area contributed by atoms with E-state index in [1.165, 1.54) is 6.42 Å². The number of H-pyrrole nitrogens is 1. The van der Waals surface area contributed by atoms with Crippen LogP contribution in [0.15, 0.2) is 29.1 Å². The third kappa shape index (κ3) is 5.81. The molecule has 0 radical (unpaired) electrons. The molecular weight excluding hydrogens is 408 g/mol. The predicted octanol–water partition coefficient (Wildman–Crippen LogP) is 2.71. The number of carbonyl (C=O) groups excluding carboxylic acids is 1. The summed E-state index contributed by atoms with van der Waals surface area (Å²) in [5, 5.41) is 4.10. The Bertz CT molecular complexity index is 964. The van der Waals surface area contributed by atoms with Crippen molar-refractivity contribution in [2.75, 3.05) is 46.5 Å². The maximum absolute atomic E-state index is 13.2. The van der Waals surface area contributed by atoms with Crippen molar-refractivity contribution in [3.8, 4) is 5.75 Å². The Morgan fingerprint density at radius 3 is 2.75 bits per heavy atom. The molecule has 1 saturated heterocycles. The molecule has 1 aliphatic carbocycles. The lowest BCUT2D eigenvalue weighted by atomic mass is 9.96. The van der Waals surface area contributed by atoms with Gasteiger partial charge in [0.15, 0.2) is 0 Å². The van der Waals surface area contributed by atoms with Crippen molar-refractivity contribution < 1.29 is 14.3 Å². The van der Waals surface area contributed by atoms with Gasteiger partial charge < -0.3 is 24.7 Å². The minimum Gasteiger partial charge on any atom is -0.497 e. The van der Waals surface area contributed by atoms with Gasteiger partial charge in [-0.15, -0.1) is 0 Å². The summed E-state index contributed by atoms with van der Waals surface area (Å²) in [5.74, 6) is 0.731. The fourth-order valence-corrected chi connectivity index (χ4v) is 4.53. The normalized spacial score (nSPS) is 17.9. The number of aromatic amines is 1. The van der Waals surface area contributed by atoms with Crippen molar-refractivity contribution >= 4 is 16.9 Å². The first-order chi connectivity index (χ1) is 15.6. The first-order valence-electron chi connectivity index (χ1n) is 11.7. The second kappa shape index (κ2) is 10.8. The number of morpholine rings is 1. The van der Waals surface area contributed by atoms with Crippen molar-refractivity contribution in [3.05, 3.63) is 40.2 Å². The molecule has 2 aliphatic rings. The van der Waals surface area contributed by atoms with Crippen LogP contribution < -0.4 is 15.6 Å². The van der Waals surface area contributed by atoms with Gasteiger partial charge in [-0.3, -0.25) is 9.69 Å². The monoisotopic (exact) mass is 442 g/mol. The first-order valence-corrected chi connectivity index (χ1v) is 11.7. The van der Waals surface area contributed by atoms with Gasteiger partial charge in [-0.1, -0.05) is 19.3 Å². The van der Waals surface area contributed by atoms with E-state index in [1.54, 1.807) is 12.0 Å². The summed E-state index contributed by atoms with van der Waals surface area (Å²) in [7, 11) is 1.62. The van der Waals surface area contributed by atoms with Gasteiger partial charge in [0.25, 0.3) is 5.56 Å². The van der Waals surface area contributed by atoms with Crippen LogP contribution in [0, 0.1) is 0 Å². The van der Waals surface area contributed by atoms with E-state index < -0.39 is 0 Å². The minimum absolute atomic E-state index is 0.0877. The summed E-state index contributed by atoms with van der Waals surface area (Å²) in [6, 6.07) is 7.56. The smallest absolute Gasteiger partial charge is 0.317 e. The van der Waals surface area contributed by atoms with E-state index >= 15 is 0 Å². The number of hydrogen-bond acceptors (Lipinski definition) is 5. The Morgan fingerprint density at radius 2 is 2.00 bits per heavy atom. The van der Waals surface area contributed by atoms with Crippen molar-refractivity contribution in [1.82, 2.24) is 20.1 Å². The summed E-state index contributed by atoms with van der Waals surface area (Å²) < 4.78 is 10.8. The Morgan fingerprint density at radius 1 is 1.22 bits per heavy atom. The molecule has 0 spiro atoms. The van der Waals surface area contributed by atoms with Crippen molar-refractivity contribution in [2.24, 2.45) is 0 Å². The molecule has 2 aromatic rings. The lowest BCUT2D eigenvalue weighted by Gasteiger charge is -2.32. The van der Waals surface area contributed by atoms with E-state index in [0.29, 0.717) is 12.1 Å². The molecule has 2 amide bonds. The number of fused-ring (bicyclic) bond motifs is 1. The number of methoxy groups -OCH3 is 1. The number of ether oxygens (including phenoxy) is 2. The average Bonchev–Trinajstić information content (AvgIpc) is 2.83. The van der Waals surface area contributed by atoms with Crippen LogP contribution >= 0.6 is 0 Å². The molecule has 1 aliphatic heterocycles. The number of pyridine rings is 1. The third-order valence-corrected chi connectivity index (χ3v) is 6.50. The molecule has 32 heavy (non-hydrogen) atoms. The molecule has 8 nitrogen and oxygen atoms in total. The van der Waals surface area contributed by atoms with Crippen LogP contribution in [-0.2, 0) is 11.3 Å². The van der Waals surface area contributed by atoms with E-state index in [9.17, 15) is 9.59 Å². The fraction of sp³-hybridized carbons (Fsp3) is 0.583. The number of urea groups is 1. The molecule has 0 unspecified atom stereocenters. The van der Waals surface area contributed by atoms with Crippen LogP contribution in [0.4, 0.5) is 4.79 Å². The molecular formula is C24H34N4O4. The summed E-state index contributed by atoms with van der Waals surface area (Å²) in [6.07, 6.45) is 5.61. The predicted molar refractivity (Wildman–Crippen MR) is 124 cm³/mol. The molecule has 2 fully saturated rings. The van der Waals surface area contributed by atoms with Crippen molar-refractivity contribution in [2.45, 2.75) is 44.7 Å². The highest BCUT2D eigenvalue weighted by Crippen LogP contribution is 2.20. The average molecular weight is 443 g/mol. The molecule has 2 N–H and O–H groups in total. The van der Waals surface area contributed by atoms with E-state index in [0.717, 1.165) is 75.2 Å². The Balaban J connectivity index is 1.51. The SMILES string of the molecule is COc1ccc2[nH]c(=O)c(CN(CCN3CCOCC3)C(=O)NC3CCCCC3)cc2c1. The van der Waals surface area contributed by atoms with Crippen molar-refractivity contribution in [1.29, 1.82) is 0 Å². The lowest BCUT2D eigenvalue weighted by Crippen LogP contribution is -2.49. The van der Waals surface area contributed by atoms with Crippen molar-refractivity contribution in [3.63, 3.8) is 0 Å². The standard InChI is InChI=1S/C24H34N4O4/c1-31-21-7-8-22-18(16-21)15-19(23(29)26-22)17-28(10-9-27-11-13-32-14-12-27)24(30)25-20-5-3-2-4-6-20/h7-8,15-16,20H,2-6,9-14,17H2,1H3,(H,25,30)(H,26,29). The minimum atomic E-state index is -0.162. The number of hydrogen-bond donors (Lipinski definition) is 2. The maximum atomic E-state index is 13.2. The second-order valence-corrected chi connectivity index (χ2v) is 8.74. The highest BCUT2D eigenvalue weighted by atomic mass is 16.5. The largest absolute Gasteiger partial charge is 0.497 e. The number of benzene rings is 1. The fourth-order valence-electron chi connectivity index (χ4n) is 4.53. The molecule has 0 atom stereocenters. The van der Waals surface area contributed by atoms with Crippen LogP contribution in [0.5, 0.6) is 5.75 Å². The van der Waals surface area contributed by atoms with Gasteiger partial charge in [0, 0.05) is 48.7 Å². The van der Waals surface area contributed by atoms with Crippen LogP contribution in [0.3, 0.4) is 0 Å². The Kier molecular flexibility index (Phi) is 7.65. The number of nitrogens with zero attached hydrogens (tertiary/aromatic N) is 2. The molecule has 1 aromatic heterocycles. The van der Waals surface area contributed by atoms with Gasteiger partial charge in [0.1, 0.15) is 5.75 Å². The molecule has 8 heteroatoms. The zero-order valence-corrected chi connectivity index (χ0v) is 18.9. The summed E-state index contributed by atoms with van der Waals surface area (Å²) >= 11 is 0. The lowest BCUT2D eigenvalue weighted by molar-refractivity contribution is 0.0345.